The predicted octanol–water partition coefficient (Wildman–Crippen LogP) is 4.82. The molecular formula is C22H20O4. The van der Waals surface area contributed by atoms with E-state index in [1.807, 2.05) is 24.3 Å². The molecule has 0 fully saturated rings. The summed E-state index contributed by atoms with van der Waals surface area (Å²) in [6.07, 6.45) is 0. The second-order valence-electron chi connectivity index (χ2n) is 5.89. The Morgan fingerprint density at radius 2 is 1.38 bits per heavy atom. The molecule has 132 valence electrons. The third-order valence-electron chi connectivity index (χ3n) is 3.97. The van der Waals surface area contributed by atoms with Gasteiger partial charge in [0, 0.05) is 0 Å². The minimum absolute atomic E-state index is 0.148. The van der Waals surface area contributed by atoms with Crippen LogP contribution in [0.2, 0.25) is 0 Å². The Bertz CT molecular complexity index is 867. The fraction of sp³-hybridized carbons (Fsp3) is 0.136. The molecule has 1 N–H and O–H groups in total. The van der Waals surface area contributed by atoms with Gasteiger partial charge in [-0.3, -0.25) is 0 Å². The first-order valence-corrected chi connectivity index (χ1v) is 8.38. The maximum absolute atomic E-state index is 11.1. The molecule has 0 spiro atoms. The summed E-state index contributed by atoms with van der Waals surface area (Å²) in [5.41, 5.74) is 3.67. The average Bonchev–Trinajstić information content (AvgIpc) is 2.66. The molecule has 4 heteroatoms. The SMILES string of the molecule is Cc1ccc(-c2ccc(OCCOc3ccccc3C(=O)O)cc2)cc1. The third-order valence-corrected chi connectivity index (χ3v) is 3.97. The van der Waals surface area contributed by atoms with Crippen molar-refractivity contribution >= 4 is 5.97 Å². The van der Waals surface area contributed by atoms with Gasteiger partial charge in [0.1, 0.15) is 30.3 Å². The quantitative estimate of drug-likeness (QED) is 0.622. The standard InChI is InChI=1S/C22H20O4/c1-16-6-8-17(9-7-16)18-10-12-19(13-11-18)25-14-15-26-21-5-3-2-4-20(21)22(23)24/h2-13H,14-15H2,1H3,(H,23,24). The van der Waals surface area contributed by atoms with Crippen molar-refractivity contribution in [2.45, 2.75) is 6.92 Å². The van der Waals surface area contributed by atoms with E-state index in [2.05, 4.69) is 31.2 Å². The molecule has 0 heterocycles. The summed E-state index contributed by atoms with van der Waals surface area (Å²) in [4.78, 5) is 11.1. The first-order valence-electron chi connectivity index (χ1n) is 8.38. The Hall–Kier alpha value is -3.27. The smallest absolute Gasteiger partial charge is 0.339 e. The van der Waals surface area contributed by atoms with Crippen molar-refractivity contribution in [2.24, 2.45) is 0 Å². The molecule has 0 aliphatic heterocycles. The molecular weight excluding hydrogens is 328 g/mol. The summed E-state index contributed by atoms with van der Waals surface area (Å²) >= 11 is 0. The van der Waals surface area contributed by atoms with E-state index < -0.39 is 5.97 Å². The van der Waals surface area contributed by atoms with Crippen LogP contribution in [0.25, 0.3) is 11.1 Å². The summed E-state index contributed by atoms with van der Waals surface area (Å²) in [7, 11) is 0. The lowest BCUT2D eigenvalue weighted by molar-refractivity contribution is 0.0691. The molecule has 3 rings (SSSR count). The van der Waals surface area contributed by atoms with Crippen LogP contribution in [0.4, 0.5) is 0 Å². The minimum Gasteiger partial charge on any atom is -0.490 e. The van der Waals surface area contributed by atoms with Crippen molar-refractivity contribution in [1.29, 1.82) is 0 Å². The Kier molecular flexibility index (Phi) is 5.54. The lowest BCUT2D eigenvalue weighted by atomic mass is 10.0. The highest BCUT2D eigenvalue weighted by Gasteiger charge is 2.09. The van der Waals surface area contributed by atoms with Gasteiger partial charge in [-0.2, -0.15) is 0 Å². The molecule has 4 nitrogen and oxygen atoms in total. The Balaban J connectivity index is 1.53. The van der Waals surface area contributed by atoms with Gasteiger partial charge in [-0.15, -0.1) is 0 Å². The number of aryl methyl sites for hydroxylation is 1. The zero-order chi connectivity index (χ0) is 18.4. The van der Waals surface area contributed by atoms with Gasteiger partial charge in [-0.25, -0.2) is 4.79 Å². The molecule has 0 radical (unpaired) electrons. The number of carbonyl (C=O) groups is 1. The van der Waals surface area contributed by atoms with E-state index in [0.29, 0.717) is 12.4 Å². The molecule has 0 saturated heterocycles. The van der Waals surface area contributed by atoms with Crippen molar-refractivity contribution in [1.82, 2.24) is 0 Å². The van der Waals surface area contributed by atoms with Crippen molar-refractivity contribution in [3.63, 3.8) is 0 Å². The Labute approximate surface area is 152 Å². The monoisotopic (exact) mass is 348 g/mol. The maximum atomic E-state index is 11.1. The molecule has 0 unspecified atom stereocenters. The molecule has 0 atom stereocenters. The van der Waals surface area contributed by atoms with Crippen LogP contribution in [0.15, 0.2) is 72.8 Å². The summed E-state index contributed by atoms with van der Waals surface area (Å²) < 4.78 is 11.2. The molecule has 0 saturated carbocycles. The van der Waals surface area contributed by atoms with Crippen LogP contribution < -0.4 is 9.47 Å². The van der Waals surface area contributed by atoms with E-state index >= 15 is 0 Å². The van der Waals surface area contributed by atoms with Crippen LogP contribution in [0.5, 0.6) is 11.5 Å². The summed E-state index contributed by atoms with van der Waals surface area (Å²) in [5, 5.41) is 9.12. The van der Waals surface area contributed by atoms with Crippen LogP contribution in [0.1, 0.15) is 15.9 Å². The van der Waals surface area contributed by atoms with Crippen LogP contribution in [-0.4, -0.2) is 24.3 Å². The number of hydrogen-bond acceptors (Lipinski definition) is 3. The largest absolute Gasteiger partial charge is 0.490 e. The van der Waals surface area contributed by atoms with Crippen LogP contribution in [0, 0.1) is 6.92 Å². The molecule has 0 aromatic heterocycles. The predicted molar refractivity (Wildman–Crippen MR) is 101 cm³/mol. The highest BCUT2D eigenvalue weighted by Crippen LogP contribution is 2.23. The number of benzene rings is 3. The summed E-state index contributed by atoms with van der Waals surface area (Å²) in [5.74, 6) is 0.0857. The highest BCUT2D eigenvalue weighted by molar-refractivity contribution is 5.90. The van der Waals surface area contributed by atoms with Gasteiger partial charge in [0.2, 0.25) is 0 Å². The topological polar surface area (TPSA) is 55.8 Å². The van der Waals surface area contributed by atoms with Gasteiger partial charge < -0.3 is 14.6 Å². The van der Waals surface area contributed by atoms with Crippen molar-refractivity contribution < 1.29 is 19.4 Å². The van der Waals surface area contributed by atoms with Crippen LogP contribution >= 0.6 is 0 Å². The number of hydrogen-bond donors (Lipinski definition) is 1. The number of rotatable bonds is 7. The van der Waals surface area contributed by atoms with E-state index in [0.717, 1.165) is 16.9 Å². The number of ether oxygens (including phenoxy) is 2. The highest BCUT2D eigenvalue weighted by atomic mass is 16.5. The zero-order valence-corrected chi connectivity index (χ0v) is 14.5. The van der Waals surface area contributed by atoms with E-state index in [1.54, 1.807) is 18.2 Å². The first-order chi connectivity index (χ1) is 12.6. The summed E-state index contributed by atoms with van der Waals surface area (Å²) in [6, 6.07) is 22.8. The lowest BCUT2D eigenvalue weighted by Gasteiger charge is -2.10. The third kappa shape index (κ3) is 4.42. The molecule has 26 heavy (non-hydrogen) atoms. The Morgan fingerprint density at radius 1 is 0.808 bits per heavy atom. The zero-order valence-electron chi connectivity index (χ0n) is 14.5. The average molecular weight is 348 g/mol. The van der Waals surface area contributed by atoms with Gasteiger partial charge in [0.15, 0.2) is 0 Å². The summed E-state index contributed by atoms with van der Waals surface area (Å²) in [6.45, 7) is 2.67. The molecule has 0 aliphatic carbocycles. The Morgan fingerprint density at radius 3 is 2.04 bits per heavy atom. The molecule has 0 amide bonds. The van der Waals surface area contributed by atoms with Crippen molar-refractivity contribution in [3.8, 4) is 22.6 Å². The fourth-order valence-electron chi connectivity index (χ4n) is 2.57. The molecule has 0 aliphatic rings. The van der Waals surface area contributed by atoms with Crippen LogP contribution in [0.3, 0.4) is 0 Å². The van der Waals surface area contributed by atoms with Gasteiger partial charge in [-0.1, -0.05) is 54.1 Å². The van der Waals surface area contributed by atoms with Gasteiger partial charge in [-0.05, 0) is 42.3 Å². The normalized spacial score (nSPS) is 10.3. The second kappa shape index (κ2) is 8.21. The molecule has 3 aromatic rings. The lowest BCUT2D eigenvalue weighted by Crippen LogP contribution is -2.11. The number of para-hydroxylation sites is 1. The second-order valence-corrected chi connectivity index (χ2v) is 5.89. The van der Waals surface area contributed by atoms with Gasteiger partial charge in [0.25, 0.3) is 0 Å². The van der Waals surface area contributed by atoms with E-state index in [1.165, 1.54) is 11.6 Å². The van der Waals surface area contributed by atoms with E-state index in [9.17, 15) is 4.79 Å². The molecule has 0 bridgehead atoms. The van der Waals surface area contributed by atoms with E-state index in [-0.39, 0.29) is 12.2 Å². The number of carboxylic acids is 1. The minimum atomic E-state index is -1.01. The van der Waals surface area contributed by atoms with Crippen molar-refractivity contribution in [2.75, 3.05) is 13.2 Å². The molecule has 3 aromatic carbocycles. The van der Waals surface area contributed by atoms with E-state index in [4.69, 9.17) is 14.6 Å². The van der Waals surface area contributed by atoms with Gasteiger partial charge >= 0.3 is 5.97 Å². The maximum Gasteiger partial charge on any atom is 0.339 e. The number of carboxylic acid groups (broad SMARTS) is 1. The van der Waals surface area contributed by atoms with Crippen molar-refractivity contribution in [3.05, 3.63) is 83.9 Å². The fourth-order valence-corrected chi connectivity index (χ4v) is 2.57. The van der Waals surface area contributed by atoms with Crippen LogP contribution in [-0.2, 0) is 0 Å². The number of aromatic carboxylic acids is 1. The first kappa shape index (κ1) is 17.5. The van der Waals surface area contributed by atoms with Gasteiger partial charge in [0.05, 0.1) is 0 Å².